The number of aryl methyl sites for hydroxylation is 2. The highest BCUT2D eigenvalue weighted by Gasteiger charge is 2.12. The molecule has 0 spiro atoms. The molecule has 1 N–H and O–H groups in total. The van der Waals surface area contributed by atoms with E-state index >= 15 is 0 Å². The summed E-state index contributed by atoms with van der Waals surface area (Å²) in [6.45, 7) is 4.48. The predicted octanol–water partition coefficient (Wildman–Crippen LogP) is 1.63. The summed E-state index contributed by atoms with van der Waals surface area (Å²) in [6.07, 6.45) is 4.87. The van der Waals surface area contributed by atoms with Gasteiger partial charge in [-0.15, -0.1) is 0 Å². The van der Waals surface area contributed by atoms with Gasteiger partial charge in [-0.3, -0.25) is 4.79 Å². The average Bonchev–Trinajstić information content (AvgIpc) is 3.18. The van der Waals surface area contributed by atoms with E-state index in [1.54, 1.807) is 10.8 Å². The zero-order valence-corrected chi connectivity index (χ0v) is 13.2. The summed E-state index contributed by atoms with van der Waals surface area (Å²) in [5, 5.41) is 7.07. The van der Waals surface area contributed by atoms with Crippen molar-refractivity contribution >= 4 is 11.7 Å². The van der Waals surface area contributed by atoms with Crippen LogP contribution in [0.2, 0.25) is 0 Å². The Morgan fingerprint density at radius 1 is 1.35 bits per heavy atom. The molecule has 3 aromatic rings. The largest absolute Gasteiger partial charge is 0.469 e. The second-order valence-corrected chi connectivity index (χ2v) is 5.41. The molecule has 0 saturated heterocycles. The van der Waals surface area contributed by atoms with Crippen LogP contribution in [0.3, 0.4) is 0 Å². The van der Waals surface area contributed by atoms with Gasteiger partial charge in [-0.25, -0.2) is 9.50 Å². The summed E-state index contributed by atoms with van der Waals surface area (Å²) in [4.78, 5) is 20.5. The van der Waals surface area contributed by atoms with Crippen molar-refractivity contribution in [3.63, 3.8) is 0 Å². The van der Waals surface area contributed by atoms with E-state index in [9.17, 15) is 4.79 Å². The Morgan fingerprint density at radius 3 is 3.00 bits per heavy atom. The molecule has 7 nitrogen and oxygen atoms in total. The normalized spacial score (nSPS) is 11.0. The third kappa shape index (κ3) is 3.39. The minimum absolute atomic E-state index is 0.0223. The lowest BCUT2D eigenvalue weighted by molar-refractivity contribution is -0.121. The second-order valence-electron chi connectivity index (χ2n) is 5.41. The number of furan rings is 1. The van der Waals surface area contributed by atoms with Crippen LogP contribution < -0.4 is 5.32 Å². The molecule has 7 heteroatoms. The Labute approximate surface area is 133 Å². The lowest BCUT2D eigenvalue weighted by Gasteiger charge is -2.10. The topological polar surface area (TPSA) is 85.3 Å². The Bertz CT molecular complexity index is 807. The Balaban J connectivity index is 1.56. The van der Waals surface area contributed by atoms with Crippen LogP contribution in [0.4, 0.5) is 0 Å². The molecule has 0 aromatic carbocycles. The second kappa shape index (κ2) is 6.60. The van der Waals surface area contributed by atoms with Gasteiger partial charge in [0.05, 0.1) is 6.26 Å². The van der Waals surface area contributed by atoms with E-state index in [0.29, 0.717) is 31.6 Å². The van der Waals surface area contributed by atoms with Crippen molar-refractivity contribution in [3.8, 4) is 0 Å². The van der Waals surface area contributed by atoms with Gasteiger partial charge in [0.1, 0.15) is 12.1 Å². The van der Waals surface area contributed by atoms with Crippen LogP contribution in [0.15, 0.2) is 29.1 Å². The Morgan fingerprint density at radius 2 is 2.22 bits per heavy atom. The number of rotatable bonds is 6. The molecule has 0 aliphatic heterocycles. The fraction of sp³-hybridized carbons (Fsp3) is 0.375. The average molecular weight is 313 g/mol. The highest BCUT2D eigenvalue weighted by molar-refractivity contribution is 5.76. The predicted molar refractivity (Wildman–Crippen MR) is 84.0 cm³/mol. The summed E-state index contributed by atoms with van der Waals surface area (Å²) in [7, 11) is 0. The first-order valence-corrected chi connectivity index (χ1v) is 7.60. The molecule has 3 aromatic heterocycles. The van der Waals surface area contributed by atoms with Crippen LogP contribution in [0.25, 0.3) is 5.78 Å². The SMILES string of the molecule is Cc1nc2ncnn2c(C)c1CCC(=O)NCCc1ccco1. The zero-order valence-electron chi connectivity index (χ0n) is 13.2. The van der Waals surface area contributed by atoms with E-state index in [0.717, 1.165) is 22.7 Å². The number of hydrogen-bond donors (Lipinski definition) is 1. The number of aromatic nitrogens is 4. The Hall–Kier alpha value is -2.70. The minimum Gasteiger partial charge on any atom is -0.469 e. The summed E-state index contributed by atoms with van der Waals surface area (Å²) >= 11 is 0. The molecule has 3 heterocycles. The minimum atomic E-state index is 0.0223. The first-order chi connectivity index (χ1) is 11.1. The van der Waals surface area contributed by atoms with Crippen LogP contribution in [0.5, 0.6) is 0 Å². The number of carbonyl (C=O) groups excluding carboxylic acids is 1. The number of hydrogen-bond acceptors (Lipinski definition) is 5. The van der Waals surface area contributed by atoms with Gasteiger partial charge in [0.2, 0.25) is 5.91 Å². The highest BCUT2D eigenvalue weighted by Crippen LogP contribution is 2.14. The van der Waals surface area contributed by atoms with Gasteiger partial charge in [0, 0.05) is 30.8 Å². The first-order valence-electron chi connectivity index (χ1n) is 7.60. The maximum absolute atomic E-state index is 12.0. The van der Waals surface area contributed by atoms with E-state index in [4.69, 9.17) is 4.42 Å². The summed E-state index contributed by atoms with van der Waals surface area (Å²) in [5.41, 5.74) is 2.92. The number of nitrogens with one attached hydrogen (secondary N) is 1. The number of nitrogens with zero attached hydrogens (tertiary/aromatic N) is 4. The molecule has 0 bridgehead atoms. The van der Waals surface area contributed by atoms with E-state index in [1.807, 2.05) is 26.0 Å². The molecule has 0 unspecified atom stereocenters. The van der Waals surface area contributed by atoms with Gasteiger partial charge >= 0.3 is 0 Å². The van der Waals surface area contributed by atoms with Crippen molar-refractivity contribution in [2.24, 2.45) is 0 Å². The molecular formula is C16H19N5O2. The van der Waals surface area contributed by atoms with Crippen molar-refractivity contribution in [1.82, 2.24) is 24.9 Å². The van der Waals surface area contributed by atoms with Gasteiger partial charge in [0.25, 0.3) is 5.78 Å². The van der Waals surface area contributed by atoms with Crippen molar-refractivity contribution in [2.45, 2.75) is 33.1 Å². The van der Waals surface area contributed by atoms with Crippen molar-refractivity contribution in [1.29, 1.82) is 0 Å². The van der Waals surface area contributed by atoms with E-state index in [1.165, 1.54) is 6.33 Å². The van der Waals surface area contributed by atoms with Crippen molar-refractivity contribution < 1.29 is 9.21 Å². The van der Waals surface area contributed by atoms with E-state index in [2.05, 4.69) is 20.4 Å². The van der Waals surface area contributed by atoms with Gasteiger partial charge < -0.3 is 9.73 Å². The first kappa shape index (κ1) is 15.2. The molecule has 0 fully saturated rings. The maximum atomic E-state index is 12.0. The number of carbonyl (C=O) groups is 1. The smallest absolute Gasteiger partial charge is 0.252 e. The van der Waals surface area contributed by atoms with Crippen LogP contribution in [-0.4, -0.2) is 32.0 Å². The summed E-state index contributed by atoms with van der Waals surface area (Å²) in [6, 6.07) is 3.74. The third-order valence-corrected chi connectivity index (χ3v) is 3.86. The molecule has 0 aliphatic rings. The summed E-state index contributed by atoms with van der Waals surface area (Å²) < 4.78 is 6.94. The number of fused-ring (bicyclic) bond motifs is 1. The van der Waals surface area contributed by atoms with Gasteiger partial charge in [-0.2, -0.15) is 10.1 Å². The van der Waals surface area contributed by atoms with Crippen molar-refractivity contribution in [3.05, 3.63) is 47.4 Å². The fourth-order valence-corrected chi connectivity index (χ4v) is 2.62. The third-order valence-electron chi connectivity index (χ3n) is 3.86. The standard InChI is InChI=1S/C16H19N5O2/c1-11-14(12(2)21-16(20-11)18-10-19-21)5-6-15(22)17-8-7-13-4-3-9-23-13/h3-4,9-10H,5-8H2,1-2H3,(H,17,22). The molecule has 0 radical (unpaired) electrons. The van der Waals surface area contributed by atoms with Gasteiger partial charge in [-0.05, 0) is 38.0 Å². The molecule has 0 atom stereocenters. The maximum Gasteiger partial charge on any atom is 0.252 e. The highest BCUT2D eigenvalue weighted by atomic mass is 16.3. The van der Waals surface area contributed by atoms with Gasteiger partial charge in [0.15, 0.2) is 0 Å². The van der Waals surface area contributed by atoms with E-state index in [-0.39, 0.29) is 5.91 Å². The lowest BCUT2D eigenvalue weighted by atomic mass is 10.1. The molecule has 3 rings (SSSR count). The molecule has 120 valence electrons. The quantitative estimate of drug-likeness (QED) is 0.747. The summed E-state index contributed by atoms with van der Waals surface area (Å²) in [5.74, 6) is 1.48. The zero-order chi connectivity index (χ0) is 16.2. The van der Waals surface area contributed by atoms with Crippen LogP contribution >= 0.6 is 0 Å². The molecule has 1 amide bonds. The monoisotopic (exact) mass is 313 g/mol. The van der Waals surface area contributed by atoms with Crippen LogP contribution in [0.1, 0.15) is 29.1 Å². The number of amides is 1. The molecular weight excluding hydrogens is 294 g/mol. The fourth-order valence-electron chi connectivity index (χ4n) is 2.62. The molecule has 0 aliphatic carbocycles. The van der Waals surface area contributed by atoms with Gasteiger partial charge in [-0.1, -0.05) is 0 Å². The Kier molecular flexibility index (Phi) is 4.36. The van der Waals surface area contributed by atoms with Crippen LogP contribution in [0, 0.1) is 13.8 Å². The van der Waals surface area contributed by atoms with Crippen LogP contribution in [-0.2, 0) is 17.6 Å². The molecule has 0 saturated carbocycles. The van der Waals surface area contributed by atoms with E-state index < -0.39 is 0 Å². The molecule has 23 heavy (non-hydrogen) atoms. The lowest BCUT2D eigenvalue weighted by Crippen LogP contribution is -2.26. The van der Waals surface area contributed by atoms with Crippen molar-refractivity contribution in [2.75, 3.05) is 6.54 Å².